The Kier molecular flexibility index (Phi) is 3.00. The normalized spacial score (nSPS) is 27.6. The number of hydrogen-bond acceptors (Lipinski definition) is 5. The van der Waals surface area contributed by atoms with Gasteiger partial charge in [0.25, 0.3) is 0 Å². The van der Waals surface area contributed by atoms with Gasteiger partial charge in [0.1, 0.15) is 11.6 Å². The van der Waals surface area contributed by atoms with Gasteiger partial charge in [-0.2, -0.15) is 9.97 Å². The van der Waals surface area contributed by atoms with Crippen LogP contribution in [-0.4, -0.2) is 26.0 Å². The van der Waals surface area contributed by atoms with Crippen LogP contribution in [0.5, 0.6) is 5.88 Å². The van der Waals surface area contributed by atoms with Crippen LogP contribution in [0, 0.1) is 11.8 Å². The Labute approximate surface area is 111 Å². The van der Waals surface area contributed by atoms with Gasteiger partial charge in [-0.1, -0.05) is 13.8 Å². The zero-order valence-corrected chi connectivity index (χ0v) is 11.3. The van der Waals surface area contributed by atoms with Gasteiger partial charge in [0.05, 0.1) is 6.33 Å². The highest BCUT2D eigenvalue weighted by Gasteiger charge is 2.26. The highest BCUT2D eigenvalue weighted by atomic mass is 16.5. The van der Waals surface area contributed by atoms with Crippen LogP contribution in [0.15, 0.2) is 6.33 Å². The Bertz CT molecular complexity index is 581. The molecule has 3 rings (SSSR count). The first-order chi connectivity index (χ1) is 9.13. The van der Waals surface area contributed by atoms with Crippen molar-refractivity contribution in [1.82, 2.24) is 19.9 Å². The van der Waals surface area contributed by atoms with Gasteiger partial charge in [0.15, 0.2) is 5.65 Å². The third-order valence-electron chi connectivity index (χ3n) is 4.10. The Hall–Kier alpha value is -1.85. The van der Waals surface area contributed by atoms with Crippen molar-refractivity contribution in [1.29, 1.82) is 0 Å². The number of imidazole rings is 1. The summed E-state index contributed by atoms with van der Waals surface area (Å²) in [5, 5.41) is 0. The van der Waals surface area contributed by atoms with Crippen LogP contribution < -0.4 is 10.5 Å². The molecule has 6 nitrogen and oxygen atoms in total. The zero-order chi connectivity index (χ0) is 13.4. The van der Waals surface area contributed by atoms with Crippen molar-refractivity contribution < 1.29 is 4.74 Å². The largest absolute Gasteiger partial charge is 0.473 e. The molecule has 2 heterocycles. The number of nitrogens with one attached hydrogen (secondary N) is 1. The minimum absolute atomic E-state index is 0.201. The maximum Gasteiger partial charge on any atom is 0.245 e. The van der Waals surface area contributed by atoms with Gasteiger partial charge in [-0.25, -0.2) is 4.98 Å². The molecule has 0 aromatic carbocycles. The molecular weight excluding hydrogens is 242 g/mol. The average molecular weight is 261 g/mol. The van der Waals surface area contributed by atoms with Gasteiger partial charge in [-0.3, -0.25) is 0 Å². The van der Waals surface area contributed by atoms with Crippen LogP contribution in [0.3, 0.4) is 0 Å². The molecule has 1 saturated carbocycles. The van der Waals surface area contributed by atoms with E-state index in [-0.39, 0.29) is 12.1 Å². The van der Waals surface area contributed by atoms with E-state index >= 15 is 0 Å². The van der Waals surface area contributed by atoms with E-state index in [0.29, 0.717) is 17.4 Å². The fourth-order valence-electron chi connectivity index (χ4n) is 2.67. The van der Waals surface area contributed by atoms with E-state index in [2.05, 4.69) is 33.8 Å². The minimum atomic E-state index is 0.201. The van der Waals surface area contributed by atoms with Gasteiger partial charge >= 0.3 is 0 Å². The molecule has 0 saturated heterocycles. The van der Waals surface area contributed by atoms with Gasteiger partial charge < -0.3 is 15.5 Å². The number of aromatic nitrogens is 4. The summed E-state index contributed by atoms with van der Waals surface area (Å²) in [6, 6.07) is 0. The van der Waals surface area contributed by atoms with E-state index in [4.69, 9.17) is 10.5 Å². The van der Waals surface area contributed by atoms with E-state index in [1.165, 1.54) is 6.42 Å². The van der Waals surface area contributed by atoms with Crippen LogP contribution in [0.4, 0.5) is 5.95 Å². The molecule has 1 aliphatic carbocycles. The van der Waals surface area contributed by atoms with E-state index in [1.807, 2.05) is 0 Å². The molecule has 3 atom stereocenters. The average Bonchev–Trinajstić information content (AvgIpc) is 2.82. The quantitative estimate of drug-likeness (QED) is 0.864. The highest BCUT2D eigenvalue weighted by molar-refractivity contribution is 5.76. The van der Waals surface area contributed by atoms with Crippen molar-refractivity contribution in [3.8, 4) is 5.88 Å². The lowest BCUT2D eigenvalue weighted by molar-refractivity contribution is 0.0978. The summed E-state index contributed by atoms with van der Waals surface area (Å²) in [4.78, 5) is 15.3. The van der Waals surface area contributed by atoms with Gasteiger partial charge in [0.2, 0.25) is 11.8 Å². The van der Waals surface area contributed by atoms with E-state index in [1.54, 1.807) is 6.33 Å². The van der Waals surface area contributed by atoms with E-state index in [0.717, 1.165) is 24.3 Å². The van der Waals surface area contributed by atoms with Gasteiger partial charge in [0, 0.05) is 0 Å². The zero-order valence-electron chi connectivity index (χ0n) is 11.3. The highest BCUT2D eigenvalue weighted by Crippen LogP contribution is 2.32. The van der Waals surface area contributed by atoms with Crippen molar-refractivity contribution in [2.45, 2.75) is 39.2 Å². The number of hydrogen-bond donors (Lipinski definition) is 2. The first kappa shape index (κ1) is 12.2. The summed E-state index contributed by atoms with van der Waals surface area (Å²) in [5.41, 5.74) is 6.96. The predicted molar refractivity (Wildman–Crippen MR) is 72.7 cm³/mol. The summed E-state index contributed by atoms with van der Waals surface area (Å²) in [5.74, 6) is 2.16. The van der Waals surface area contributed by atoms with Crippen LogP contribution in [0.1, 0.15) is 33.1 Å². The molecule has 1 fully saturated rings. The molecule has 3 unspecified atom stereocenters. The maximum absolute atomic E-state index is 6.02. The standard InChI is InChI=1S/C13H19N5O/c1-7-3-4-9(5-8(7)2)19-12-10-11(16-6-15-10)17-13(14)18-12/h6-9H,3-5H2,1-2H3,(H3,14,15,16,17,18). The molecule has 2 aromatic rings. The number of H-pyrrole nitrogens is 1. The summed E-state index contributed by atoms with van der Waals surface area (Å²) in [6.45, 7) is 4.58. The lowest BCUT2D eigenvalue weighted by Gasteiger charge is -2.31. The second-order valence-electron chi connectivity index (χ2n) is 5.50. The molecular formula is C13H19N5O. The topological polar surface area (TPSA) is 89.7 Å². The molecule has 0 bridgehead atoms. The van der Waals surface area contributed by atoms with Crippen molar-refractivity contribution in [2.24, 2.45) is 11.8 Å². The number of ether oxygens (including phenoxy) is 1. The smallest absolute Gasteiger partial charge is 0.245 e. The lowest BCUT2D eigenvalue weighted by atomic mass is 9.80. The first-order valence-corrected chi connectivity index (χ1v) is 6.76. The third-order valence-corrected chi connectivity index (χ3v) is 4.10. The number of nitrogens with two attached hydrogens (primary N) is 1. The minimum Gasteiger partial charge on any atom is -0.473 e. The number of aromatic amines is 1. The summed E-state index contributed by atoms with van der Waals surface area (Å²) < 4.78 is 6.02. The van der Waals surface area contributed by atoms with Crippen LogP contribution >= 0.6 is 0 Å². The van der Waals surface area contributed by atoms with Crippen molar-refractivity contribution in [3.63, 3.8) is 0 Å². The van der Waals surface area contributed by atoms with E-state index < -0.39 is 0 Å². The molecule has 19 heavy (non-hydrogen) atoms. The molecule has 6 heteroatoms. The monoisotopic (exact) mass is 261 g/mol. The summed E-state index contributed by atoms with van der Waals surface area (Å²) >= 11 is 0. The number of nitrogens with zero attached hydrogens (tertiary/aromatic N) is 3. The maximum atomic E-state index is 6.02. The second kappa shape index (κ2) is 4.68. The fourth-order valence-corrected chi connectivity index (χ4v) is 2.67. The third kappa shape index (κ3) is 2.34. The van der Waals surface area contributed by atoms with E-state index in [9.17, 15) is 0 Å². The molecule has 0 spiro atoms. The summed E-state index contributed by atoms with van der Waals surface area (Å²) in [7, 11) is 0. The fraction of sp³-hybridized carbons (Fsp3) is 0.615. The van der Waals surface area contributed by atoms with Crippen molar-refractivity contribution in [2.75, 3.05) is 5.73 Å². The van der Waals surface area contributed by atoms with Gasteiger partial charge in [-0.15, -0.1) is 0 Å². The van der Waals surface area contributed by atoms with Gasteiger partial charge in [-0.05, 0) is 31.1 Å². The molecule has 0 radical (unpaired) electrons. The lowest BCUT2D eigenvalue weighted by Crippen LogP contribution is -2.29. The second-order valence-corrected chi connectivity index (χ2v) is 5.50. The number of anilines is 1. The molecule has 1 aliphatic rings. The SMILES string of the molecule is CC1CCC(Oc2nc(N)nc3nc[nH]c23)CC1C. The Morgan fingerprint density at radius 2 is 2.11 bits per heavy atom. The molecule has 3 N–H and O–H groups in total. The molecule has 0 aliphatic heterocycles. The number of fused-ring (bicyclic) bond motifs is 1. The van der Waals surface area contributed by atoms with Crippen molar-refractivity contribution >= 4 is 17.1 Å². The number of rotatable bonds is 2. The molecule has 0 amide bonds. The van der Waals surface area contributed by atoms with Crippen LogP contribution in [-0.2, 0) is 0 Å². The van der Waals surface area contributed by atoms with Crippen molar-refractivity contribution in [3.05, 3.63) is 6.33 Å². The van der Waals surface area contributed by atoms with Crippen LogP contribution in [0.25, 0.3) is 11.2 Å². The summed E-state index contributed by atoms with van der Waals surface area (Å²) in [6.07, 6.45) is 5.09. The van der Waals surface area contributed by atoms with Crippen LogP contribution in [0.2, 0.25) is 0 Å². The molecule has 102 valence electrons. The Morgan fingerprint density at radius 3 is 2.89 bits per heavy atom. The number of nitrogen functional groups attached to an aromatic ring is 1. The Balaban J connectivity index is 1.83. The Morgan fingerprint density at radius 1 is 1.26 bits per heavy atom. The predicted octanol–water partition coefficient (Wildman–Crippen LogP) is 2.14. The molecule has 2 aromatic heterocycles. The first-order valence-electron chi connectivity index (χ1n) is 6.76.